The largest absolute Gasteiger partial charge is 0.465 e. The molecule has 0 saturated carbocycles. The van der Waals surface area contributed by atoms with Crippen molar-refractivity contribution in [1.82, 2.24) is 0 Å². The molecule has 0 aliphatic carbocycles. The molecule has 206 valence electrons. The Morgan fingerprint density at radius 1 is 1.00 bits per heavy atom. The van der Waals surface area contributed by atoms with Crippen molar-refractivity contribution in [3.63, 3.8) is 0 Å². The highest BCUT2D eigenvalue weighted by molar-refractivity contribution is 7.90. The van der Waals surface area contributed by atoms with Crippen molar-refractivity contribution < 1.29 is 37.4 Å². The van der Waals surface area contributed by atoms with Gasteiger partial charge in [0.05, 0.1) is 17.6 Å². The Labute approximate surface area is 226 Å². The number of esters is 2. The van der Waals surface area contributed by atoms with Crippen LogP contribution in [0.15, 0.2) is 95.4 Å². The third kappa shape index (κ3) is 9.71. The van der Waals surface area contributed by atoms with Gasteiger partial charge in [-0.2, -0.15) is 0 Å². The monoisotopic (exact) mass is 555 g/mol. The molecule has 0 aliphatic rings. The predicted octanol–water partition coefficient (Wildman–Crippen LogP) is 4.37. The molecule has 0 unspecified atom stereocenters. The fraction of sp³-hybridized carbons (Fsp3) is 0.214. The van der Waals surface area contributed by atoms with Gasteiger partial charge in [0.2, 0.25) is 0 Å². The topological polar surface area (TPSA) is 139 Å². The zero-order valence-corrected chi connectivity index (χ0v) is 22.6. The van der Waals surface area contributed by atoms with Crippen molar-refractivity contribution in [3.8, 4) is 0 Å². The van der Waals surface area contributed by atoms with Crippen molar-refractivity contribution in [2.24, 2.45) is 0 Å². The molecule has 0 aliphatic heterocycles. The van der Waals surface area contributed by atoms with E-state index >= 15 is 0 Å². The standard InChI is InChI=1S/C28H29NO9S/c1-20(18-38-29(32)33)10-8-9-11-21(2)27(30)37-19-25(22-14-16-24(17-15-22)39(4,34)35)26(28(31)36-3)23-12-6-5-7-13-23/h5-10,12-17H,2,11,18-19H2,1,3-4H3/b9-8?,20-10+,26-25+. The Kier molecular flexibility index (Phi) is 11.4. The smallest absolute Gasteiger partial charge is 0.338 e. The molecule has 11 heteroatoms. The van der Waals surface area contributed by atoms with Crippen LogP contribution in [0.3, 0.4) is 0 Å². The highest BCUT2D eigenvalue weighted by Crippen LogP contribution is 2.29. The number of ether oxygens (including phenoxy) is 2. The fourth-order valence-electron chi connectivity index (χ4n) is 3.29. The third-order valence-electron chi connectivity index (χ3n) is 5.30. The molecule has 0 radical (unpaired) electrons. The number of allylic oxidation sites excluding steroid dienone is 3. The number of rotatable bonds is 13. The highest BCUT2D eigenvalue weighted by Gasteiger charge is 2.22. The van der Waals surface area contributed by atoms with Gasteiger partial charge in [-0.3, -0.25) is 0 Å². The summed E-state index contributed by atoms with van der Waals surface area (Å²) < 4.78 is 34.3. The maximum atomic E-state index is 12.9. The molecule has 0 fully saturated rings. The van der Waals surface area contributed by atoms with Crippen LogP contribution in [-0.4, -0.2) is 52.0 Å². The first-order valence-corrected chi connectivity index (χ1v) is 13.4. The molecule has 0 bridgehead atoms. The van der Waals surface area contributed by atoms with Gasteiger partial charge < -0.3 is 14.3 Å². The van der Waals surface area contributed by atoms with Crippen molar-refractivity contribution in [2.45, 2.75) is 18.2 Å². The van der Waals surface area contributed by atoms with E-state index in [1.54, 1.807) is 55.5 Å². The molecule has 0 heterocycles. The van der Waals surface area contributed by atoms with E-state index in [4.69, 9.17) is 9.47 Å². The number of methoxy groups -OCH3 is 1. The summed E-state index contributed by atoms with van der Waals surface area (Å²) in [4.78, 5) is 40.2. The van der Waals surface area contributed by atoms with Gasteiger partial charge in [-0.25, -0.2) is 18.0 Å². The first-order valence-electron chi connectivity index (χ1n) is 11.6. The van der Waals surface area contributed by atoms with E-state index in [1.807, 2.05) is 0 Å². The number of hydrogen-bond donors (Lipinski definition) is 0. The zero-order chi connectivity index (χ0) is 29.0. The van der Waals surface area contributed by atoms with Crippen molar-refractivity contribution in [3.05, 3.63) is 112 Å². The fourth-order valence-corrected chi connectivity index (χ4v) is 3.92. The number of sulfone groups is 1. The van der Waals surface area contributed by atoms with Crippen LogP contribution in [0, 0.1) is 10.1 Å². The predicted molar refractivity (Wildman–Crippen MR) is 145 cm³/mol. The Hall–Kier alpha value is -4.51. The molecule has 2 aromatic rings. The summed E-state index contributed by atoms with van der Waals surface area (Å²) in [7, 11) is -2.22. The second-order valence-corrected chi connectivity index (χ2v) is 10.3. The number of benzene rings is 2. The maximum Gasteiger partial charge on any atom is 0.338 e. The Bertz CT molecular complexity index is 1400. The maximum absolute atomic E-state index is 12.9. The molecule has 0 N–H and O–H groups in total. The van der Waals surface area contributed by atoms with E-state index in [9.17, 15) is 28.1 Å². The summed E-state index contributed by atoms with van der Waals surface area (Å²) in [6.07, 6.45) is 6.07. The minimum Gasteiger partial charge on any atom is -0.465 e. The van der Waals surface area contributed by atoms with Crippen LogP contribution in [-0.2, 0) is 33.7 Å². The molecule has 2 aromatic carbocycles. The molecule has 0 aromatic heterocycles. The van der Waals surface area contributed by atoms with Crippen LogP contribution < -0.4 is 0 Å². The van der Waals surface area contributed by atoms with E-state index in [1.165, 1.54) is 31.4 Å². The van der Waals surface area contributed by atoms with E-state index in [-0.39, 0.29) is 35.7 Å². The van der Waals surface area contributed by atoms with Crippen molar-refractivity contribution in [2.75, 3.05) is 26.6 Å². The molecular weight excluding hydrogens is 526 g/mol. The van der Waals surface area contributed by atoms with Gasteiger partial charge >= 0.3 is 11.9 Å². The Balaban J connectivity index is 2.31. The normalized spacial score (nSPS) is 12.4. The second kappa shape index (κ2) is 14.4. The molecular formula is C28H29NO9S. The van der Waals surface area contributed by atoms with E-state index in [0.29, 0.717) is 22.3 Å². The number of hydrogen-bond acceptors (Lipinski definition) is 9. The van der Waals surface area contributed by atoms with Crippen LogP contribution in [0.4, 0.5) is 0 Å². The van der Waals surface area contributed by atoms with Crippen molar-refractivity contribution in [1.29, 1.82) is 0 Å². The van der Waals surface area contributed by atoms with Gasteiger partial charge in [0.15, 0.2) is 9.84 Å². The van der Waals surface area contributed by atoms with Crippen LogP contribution in [0.2, 0.25) is 0 Å². The molecule has 0 spiro atoms. The first kappa shape index (κ1) is 30.7. The number of carbonyl (C=O) groups is 2. The van der Waals surface area contributed by atoms with Crippen LogP contribution >= 0.6 is 0 Å². The average Bonchev–Trinajstić information content (AvgIpc) is 2.91. The van der Waals surface area contributed by atoms with Gasteiger partial charge in [-0.05, 0) is 42.2 Å². The highest BCUT2D eigenvalue weighted by atomic mass is 32.2. The van der Waals surface area contributed by atoms with Gasteiger partial charge in [0.25, 0.3) is 5.09 Å². The lowest BCUT2D eigenvalue weighted by atomic mass is 9.95. The van der Waals surface area contributed by atoms with Crippen molar-refractivity contribution >= 4 is 32.9 Å². The van der Waals surface area contributed by atoms with E-state index in [0.717, 1.165) is 6.26 Å². The lowest BCUT2D eigenvalue weighted by Crippen LogP contribution is -2.14. The second-order valence-electron chi connectivity index (χ2n) is 8.33. The average molecular weight is 556 g/mol. The minimum absolute atomic E-state index is 0.0938. The Morgan fingerprint density at radius 3 is 2.21 bits per heavy atom. The van der Waals surface area contributed by atoms with Crippen LogP contribution in [0.25, 0.3) is 11.1 Å². The molecule has 0 atom stereocenters. The SMILES string of the molecule is C=C(CC=C/C=C(\C)CO[N+](=O)[O-])C(=O)OC/C(=C(\C(=O)OC)c1ccccc1)c1ccc(S(C)(=O)=O)cc1. The van der Waals surface area contributed by atoms with Gasteiger partial charge in [-0.15, -0.1) is 10.1 Å². The minimum atomic E-state index is -3.45. The Morgan fingerprint density at radius 2 is 1.64 bits per heavy atom. The number of carbonyl (C=O) groups excluding carboxylic acids is 2. The summed E-state index contributed by atoms with van der Waals surface area (Å²) in [6, 6.07) is 14.5. The van der Waals surface area contributed by atoms with Crippen LogP contribution in [0.1, 0.15) is 24.5 Å². The van der Waals surface area contributed by atoms with E-state index in [2.05, 4.69) is 11.4 Å². The molecule has 10 nitrogen and oxygen atoms in total. The molecule has 0 saturated heterocycles. The summed E-state index contributed by atoms with van der Waals surface area (Å²) in [6.45, 7) is 4.89. The van der Waals surface area contributed by atoms with Gasteiger partial charge in [-0.1, -0.05) is 67.3 Å². The summed E-state index contributed by atoms with van der Waals surface area (Å²) in [5.41, 5.74) is 2.18. The zero-order valence-electron chi connectivity index (χ0n) is 21.8. The lowest BCUT2D eigenvalue weighted by Gasteiger charge is -2.16. The number of nitrogens with zero attached hydrogens (tertiary/aromatic N) is 1. The van der Waals surface area contributed by atoms with Gasteiger partial charge in [0, 0.05) is 17.4 Å². The quantitative estimate of drug-likeness (QED) is 0.0880. The van der Waals surface area contributed by atoms with Crippen LogP contribution in [0.5, 0.6) is 0 Å². The summed E-state index contributed by atoms with van der Waals surface area (Å²) >= 11 is 0. The molecule has 39 heavy (non-hydrogen) atoms. The third-order valence-corrected chi connectivity index (χ3v) is 6.43. The first-order chi connectivity index (χ1) is 18.4. The molecule has 0 amide bonds. The lowest BCUT2D eigenvalue weighted by molar-refractivity contribution is -0.755. The van der Waals surface area contributed by atoms with Gasteiger partial charge in [0.1, 0.15) is 13.2 Å². The summed E-state index contributed by atoms with van der Waals surface area (Å²) in [5, 5.41) is 9.37. The van der Waals surface area contributed by atoms with E-state index < -0.39 is 26.9 Å². The molecule has 2 rings (SSSR count). The summed E-state index contributed by atoms with van der Waals surface area (Å²) in [5.74, 6) is -1.37.